The van der Waals surface area contributed by atoms with Crippen LogP contribution in [0.5, 0.6) is 23.0 Å². The number of nitrogens with one attached hydrogen (secondary N) is 1. The molecular formula is C25H24N2O4. The predicted molar refractivity (Wildman–Crippen MR) is 118 cm³/mol. The second-order valence-electron chi connectivity index (χ2n) is 7.50. The largest absolute Gasteiger partial charge is 0.508 e. The van der Waals surface area contributed by atoms with Gasteiger partial charge < -0.3 is 19.3 Å². The van der Waals surface area contributed by atoms with Crippen LogP contribution in [-0.4, -0.2) is 24.2 Å². The molecule has 0 unspecified atom stereocenters. The van der Waals surface area contributed by atoms with Crippen LogP contribution >= 0.6 is 0 Å². The fraction of sp³-hybridized carbons (Fsp3) is 0.240. The molecule has 2 N–H and O–H groups in total. The Hall–Kier alpha value is -3.51. The third-order valence-electron chi connectivity index (χ3n) is 5.57. The van der Waals surface area contributed by atoms with Gasteiger partial charge in [-0.25, -0.2) is 0 Å². The number of aromatic hydroxyl groups is 1. The number of phenolic OH excluding ortho intramolecular Hbond substituents is 1. The van der Waals surface area contributed by atoms with E-state index in [9.17, 15) is 5.11 Å². The van der Waals surface area contributed by atoms with Crippen LogP contribution in [0, 0.1) is 0 Å². The Kier molecular flexibility index (Phi) is 5.22. The first-order chi connectivity index (χ1) is 15.2. The zero-order valence-electron chi connectivity index (χ0n) is 17.2. The molecule has 0 radical (unpaired) electrons. The SMILES string of the molecule is CCOc1ccccc1[C@@H]1N=C(c2ccc3c(c2)OCO3)C[C@H](c2ccccc2O)N1. The Bertz CT molecular complexity index is 1130. The highest BCUT2D eigenvalue weighted by Crippen LogP contribution is 2.38. The van der Waals surface area contributed by atoms with Gasteiger partial charge in [0, 0.05) is 29.3 Å². The first-order valence-corrected chi connectivity index (χ1v) is 10.5. The van der Waals surface area contributed by atoms with Crippen molar-refractivity contribution in [3.05, 3.63) is 83.4 Å². The maximum atomic E-state index is 10.5. The van der Waals surface area contributed by atoms with E-state index in [1.165, 1.54) is 0 Å². The van der Waals surface area contributed by atoms with Gasteiger partial charge in [-0.3, -0.25) is 10.3 Å². The van der Waals surface area contributed by atoms with Crippen molar-refractivity contribution in [3.8, 4) is 23.0 Å². The van der Waals surface area contributed by atoms with Gasteiger partial charge in [0.2, 0.25) is 6.79 Å². The number of phenols is 1. The summed E-state index contributed by atoms with van der Waals surface area (Å²) in [6.45, 7) is 2.78. The smallest absolute Gasteiger partial charge is 0.231 e. The molecule has 0 fully saturated rings. The molecule has 5 rings (SSSR count). The monoisotopic (exact) mass is 416 g/mol. The van der Waals surface area contributed by atoms with E-state index in [2.05, 4.69) is 5.32 Å². The Morgan fingerprint density at radius 3 is 2.61 bits per heavy atom. The van der Waals surface area contributed by atoms with Crippen LogP contribution in [-0.2, 0) is 0 Å². The first kappa shape index (κ1) is 19.5. The number of aliphatic imine (C=N–C) groups is 1. The molecule has 6 heteroatoms. The summed E-state index contributed by atoms with van der Waals surface area (Å²) in [5, 5.41) is 14.1. The predicted octanol–water partition coefficient (Wildman–Crippen LogP) is 4.74. The van der Waals surface area contributed by atoms with Crippen LogP contribution in [0.4, 0.5) is 0 Å². The van der Waals surface area contributed by atoms with Crippen molar-refractivity contribution >= 4 is 5.71 Å². The van der Waals surface area contributed by atoms with Crippen molar-refractivity contribution in [2.75, 3.05) is 13.4 Å². The molecule has 3 aromatic carbocycles. The molecule has 0 saturated heterocycles. The summed E-state index contributed by atoms with van der Waals surface area (Å²) in [6.07, 6.45) is 0.311. The summed E-state index contributed by atoms with van der Waals surface area (Å²) < 4.78 is 16.9. The van der Waals surface area contributed by atoms with Crippen molar-refractivity contribution in [3.63, 3.8) is 0 Å². The third kappa shape index (κ3) is 3.82. The molecule has 0 saturated carbocycles. The third-order valence-corrected chi connectivity index (χ3v) is 5.57. The second kappa shape index (κ2) is 8.32. The normalized spacial score (nSPS) is 19.7. The maximum Gasteiger partial charge on any atom is 0.231 e. The van der Waals surface area contributed by atoms with E-state index >= 15 is 0 Å². The van der Waals surface area contributed by atoms with Gasteiger partial charge in [-0.15, -0.1) is 0 Å². The molecule has 0 bridgehead atoms. The van der Waals surface area contributed by atoms with E-state index in [0.717, 1.165) is 39.7 Å². The summed E-state index contributed by atoms with van der Waals surface area (Å²) in [6, 6.07) is 21.1. The number of para-hydroxylation sites is 2. The van der Waals surface area contributed by atoms with E-state index < -0.39 is 0 Å². The summed E-state index contributed by atoms with van der Waals surface area (Å²) in [5.74, 6) is 2.54. The molecule has 2 aliphatic rings. The zero-order chi connectivity index (χ0) is 21.2. The molecule has 31 heavy (non-hydrogen) atoms. The number of hydrogen-bond acceptors (Lipinski definition) is 6. The maximum absolute atomic E-state index is 10.5. The van der Waals surface area contributed by atoms with Gasteiger partial charge in [0.1, 0.15) is 17.7 Å². The van der Waals surface area contributed by atoms with E-state index in [4.69, 9.17) is 19.2 Å². The molecule has 158 valence electrons. The van der Waals surface area contributed by atoms with Crippen LogP contribution in [0.25, 0.3) is 0 Å². The van der Waals surface area contributed by atoms with Crippen molar-refractivity contribution in [2.24, 2.45) is 4.99 Å². The molecule has 2 atom stereocenters. The summed E-state index contributed by atoms with van der Waals surface area (Å²) in [7, 11) is 0. The van der Waals surface area contributed by atoms with Crippen molar-refractivity contribution < 1.29 is 19.3 Å². The van der Waals surface area contributed by atoms with Crippen LogP contribution in [0.2, 0.25) is 0 Å². The number of fused-ring (bicyclic) bond motifs is 1. The Balaban J connectivity index is 1.58. The van der Waals surface area contributed by atoms with Crippen molar-refractivity contribution in [1.82, 2.24) is 5.32 Å². The van der Waals surface area contributed by atoms with Gasteiger partial charge in [-0.05, 0) is 42.8 Å². The summed E-state index contributed by atoms with van der Waals surface area (Å²) in [4.78, 5) is 5.04. The standard InChI is InChI=1S/C25H24N2O4/c1-2-29-22-10-6-4-8-18(22)25-26-19(16-11-12-23-24(13-16)31-15-30-23)14-20(27-25)17-7-3-5-9-21(17)28/h3-13,20,25,27-28H,2,14-15H2,1H3/t20-,25-/m1/s1. The molecule has 0 aliphatic carbocycles. The molecule has 2 heterocycles. The molecule has 6 nitrogen and oxygen atoms in total. The van der Waals surface area contributed by atoms with Crippen LogP contribution < -0.4 is 19.5 Å². The van der Waals surface area contributed by atoms with Gasteiger partial charge in [0.15, 0.2) is 11.5 Å². The molecule has 3 aromatic rings. The van der Waals surface area contributed by atoms with Crippen LogP contribution in [0.15, 0.2) is 71.7 Å². The minimum atomic E-state index is -0.318. The van der Waals surface area contributed by atoms with Gasteiger partial charge in [0.25, 0.3) is 0 Å². The number of hydrogen-bond donors (Lipinski definition) is 2. The molecule has 0 aromatic heterocycles. The van der Waals surface area contributed by atoms with Gasteiger partial charge in [-0.2, -0.15) is 0 Å². The van der Waals surface area contributed by atoms with Gasteiger partial charge in [-0.1, -0.05) is 36.4 Å². The lowest BCUT2D eigenvalue weighted by Gasteiger charge is -2.31. The minimum Gasteiger partial charge on any atom is -0.508 e. The number of ether oxygens (including phenoxy) is 3. The highest BCUT2D eigenvalue weighted by atomic mass is 16.7. The average Bonchev–Trinajstić information content (AvgIpc) is 3.28. The first-order valence-electron chi connectivity index (χ1n) is 10.5. The Morgan fingerprint density at radius 2 is 1.77 bits per heavy atom. The number of nitrogens with zero attached hydrogens (tertiary/aromatic N) is 1. The fourth-order valence-electron chi connectivity index (χ4n) is 4.09. The Morgan fingerprint density at radius 1 is 1.00 bits per heavy atom. The fourth-order valence-corrected chi connectivity index (χ4v) is 4.09. The van der Waals surface area contributed by atoms with E-state index in [1.54, 1.807) is 6.07 Å². The van der Waals surface area contributed by atoms with Crippen molar-refractivity contribution in [1.29, 1.82) is 0 Å². The number of rotatable bonds is 5. The summed E-state index contributed by atoms with van der Waals surface area (Å²) in [5.41, 5.74) is 3.71. The minimum absolute atomic E-state index is 0.112. The van der Waals surface area contributed by atoms with E-state index in [1.807, 2.05) is 67.6 Å². The zero-order valence-corrected chi connectivity index (χ0v) is 17.2. The second-order valence-corrected chi connectivity index (χ2v) is 7.50. The number of benzene rings is 3. The summed E-state index contributed by atoms with van der Waals surface area (Å²) >= 11 is 0. The lowest BCUT2D eigenvalue weighted by molar-refractivity contribution is 0.174. The molecule has 0 spiro atoms. The lowest BCUT2D eigenvalue weighted by atomic mass is 9.93. The molecule has 0 amide bonds. The van der Waals surface area contributed by atoms with Crippen molar-refractivity contribution in [2.45, 2.75) is 25.6 Å². The van der Waals surface area contributed by atoms with E-state index in [-0.39, 0.29) is 24.8 Å². The highest BCUT2D eigenvalue weighted by molar-refractivity contribution is 6.02. The van der Waals surface area contributed by atoms with Gasteiger partial charge >= 0.3 is 0 Å². The van der Waals surface area contributed by atoms with Crippen LogP contribution in [0.1, 0.15) is 42.2 Å². The molecular weight excluding hydrogens is 392 g/mol. The van der Waals surface area contributed by atoms with Crippen LogP contribution in [0.3, 0.4) is 0 Å². The lowest BCUT2D eigenvalue weighted by Crippen LogP contribution is -2.33. The van der Waals surface area contributed by atoms with E-state index in [0.29, 0.717) is 13.0 Å². The van der Waals surface area contributed by atoms with Gasteiger partial charge in [0.05, 0.1) is 6.61 Å². The molecule has 2 aliphatic heterocycles. The average molecular weight is 416 g/mol. The Labute approximate surface area is 181 Å². The quantitative estimate of drug-likeness (QED) is 0.628. The topological polar surface area (TPSA) is 72.3 Å². The highest BCUT2D eigenvalue weighted by Gasteiger charge is 2.29.